The lowest BCUT2D eigenvalue weighted by molar-refractivity contribution is 0.1000. The van der Waals surface area contributed by atoms with Gasteiger partial charge in [0, 0.05) is 23.5 Å². The van der Waals surface area contributed by atoms with Gasteiger partial charge in [-0.3, -0.25) is 4.79 Å². The van der Waals surface area contributed by atoms with Crippen LogP contribution in [0.4, 0.5) is 11.5 Å². The minimum Gasteiger partial charge on any atom is -0.399 e. The lowest BCUT2D eigenvalue weighted by Crippen LogP contribution is -2.12. The number of nitrogens with zero attached hydrogens (tertiary/aromatic N) is 1. The maximum Gasteiger partial charge on any atom is 0.248 e. The van der Waals surface area contributed by atoms with E-state index in [-0.39, 0.29) is 0 Å². The minimum atomic E-state index is -0.457. The Balaban J connectivity index is 2.11. The first-order valence-corrected chi connectivity index (χ1v) is 5.91. The fraction of sp³-hybridized carbons (Fsp3) is 0.143. The van der Waals surface area contributed by atoms with E-state index in [1.54, 1.807) is 12.1 Å². The third-order valence-electron chi connectivity index (χ3n) is 2.69. The molecule has 0 spiro atoms. The number of anilines is 2. The number of carbonyl (C=O) groups is 1. The van der Waals surface area contributed by atoms with Crippen LogP contribution < -0.4 is 16.8 Å². The molecule has 0 bridgehead atoms. The van der Waals surface area contributed by atoms with Gasteiger partial charge in [-0.05, 0) is 36.8 Å². The van der Waals surface area contributed by atoms with Gasteiger partial charge < -0.3 is 16.8 Å². The average molecular weight is 256 g/mol. The van der Waals surface area contributed by atoms with E-state index in [0.717, 1.165) is 16.9 Å². The molecule has 5 nitrogen and oxygen atoms in total. The molecule has 0 atom stereocenters. The van der Waals surface area contributed by atoms with Crippen molar-refractivity contribution in [3.8, 4) is 0 Å². The zero-order valence-corrected chi connectivity index (χ0v) is 10.7. The summed E-state index contributed by atoms with van der Waals surface area (Å²) in [5.74, 6) is 0.173. The normalized spacial score (nSPS) is 10.2. The Hall–Kier alpha value is -2.56. The third kappa shape index (κ3) is 3.45. The van der Waals surface area contributed by atoms with Crippen molar-refractivity contribution in [3.63, 3.8) is 0 Å². The third-order valence-corrected chi connectivity index (χ3v) is 2.69. The number of nitrogens with one attached hydrogen (secondary N) is 1. The van der Waals surface area contributed by atoms with Crippen LogP contribution in [0, 0.1) is 6.92 Å². The van der Waals surface area contributed by atoms with Crippen molar-refractivity contribution in [1.82, 2.24) is 4.98 Å². The topological polar surface area (TPSA) is 94.0 Å². The highest BCUT2D eigenvalue weighted by Gasteiger charge is 2.04. The van der Waals surface area contributed by atoms with Crippen molar-refractivity contribution >= 4 is 17.4 Å². The summed E-state index contributed by atoms with van der Waals surface area (Å²) in [5.41, 5.74) is 13.9. The summed E-state index contributed by atoms with van der Waals surface area (Å²) in [7, 11) is 0. The molecule has 0 unspecified atom stereocenters. The lowest BCUT2D eigenvalue weighted by atomic mass is 10.2. The molecule has 19 heavy (non-hydrogen) atoms. The van der Waals surface area contributed by atoms with Crippen molar-refractivity contribution in [3.05, 3.63) is 53.2 Å². The van der Waals surface area contributed by atoms with Crippen molar-refractivity contribution in [2.45, 2.75) is 13.5 Å². The highest BCUT2D eigenvalue weighted by atomic mass is 16.1. The number of primary amides is 1. The quantitative estimate of drug-likeness (QED) is 0.725. The molecule has 0 aliphatic rings. The van der Waals surface area contributed by atoms with Crippen LogP contribution in [0.2, 0.25) is 0 Å². The van der Waals surface area contributed by atoms with Crippen molar-refractivity contribution < 1.29 is 4.79 Å². The molecule has 0 radical (unpaired) electrons. The molecule has 0 saturated heterocycles. The molecule has 1 amide bonds. The van der Waals surface area contributed by atoms with Crippen molar-refractivity contribution in [2.75, 3.05) is 11.1 Å². The van der Waals surface area contributed by atoms with E-state index >= 15 is 0 Å². The number of pyridine rings is 1. The number of rotatable bonds is 4. The van der Waals surface area contributed by atoms with Gasteiger partial charge in [0.2, 0.25) is 5.91 Å². The van der Waals surface area contributed by atoms with E-state index < -0.39 is 5.91 Å². The van der Waals surface area contributed by atoms with E-state index in [1.165, 1.54) is 0 Å². The fourth-order valence-corrected chi connectivity index (χ4v) is 1.73. The molecule has 0 fully saturated rings. The average Bonchev–Trinajstić information content (AvgIpc) is 2.37. The number of aromatic nitrogens is 1. The van der Waals surface area contributed by atoms with Gasteiger partial charge in [0.15, 0.2) is 0 Å². The maximum absolute atomic E-state index is 11.2. The Bertz CT molecular complexity index is 593. The molecule has 98 valence electrons. The summed E-state index contributed by atoms with van der Waals surface area (Å²) in [5, 5.41) is 3.16. The highest BCUT2D eigenvalue weighted by molar-refractivity contribution is 5.93. The Morgan fingerprint density at radius 3 is 2.58 bits per heavy atom. The van der Waals surface area contributed by atoms with Crippen LogP contribution >= 0.6 is 0 Å². The number of nitrogen functional groups attached to an aromatic ring is 1. The molecule has 1 heterocycles. The van der Waals surface area contributed by atoms with E-state index in [4.69, 9.17) is 11.5 Å². The molecule has 5 heteroatoms. The summed E-state index contributed by atoms with van der Waals surface area (Å²) >= 11 is 0. The number of aryl methyl sites for hydroxylation is 1. The first-order chi connectivity index (χ1) is 9.04. The van der Waals surface area contributed by atoms with Gasteiger partial charge in [-0.25, -0.2) is 4.98 Å². The molecule has 2 rings (SSSR count). The largest absolute Gasteiger partial charge is 0.399 e. The molecule has 5 N–H and O–H groups in total. The van der Waals surface area contributed by atoms with Gasteiger partial charge in [-0.1, -0.05) is 12.1 Å². The van der Waals surface area contributed by atoms with Crippen LogP contribution in [0.15, 0.2) is 36.4 Å². The number of nitrogens with two attached hydrogens (primary N) is 2. The SMILES string of the molecule is Cc1cc(C(N)=O)cc(NCc2ccc(N)cc2)n1. The lowest BCUT2D eigenvalue weighted by Gasteiger charge is -2.08. The Kier molecular flexibility index (Phi) is 3.66. The second kappa shape index (κ2) is 5.39. The van der Waals surface area contributed by atoms with Crippen LogP contribution in [0.1, 0.15) is 21.6 Å². The van der Waals surface area contributed by atoms with Crippen LogP contribution in [0.3, 0.4) is 0 Å². The minimum absolute atomic E-state index is 0.451. The molecule has 0 aliphatic carbocycles. The van der Waals surface area contributed by atoms with Gasteiger partial charge in [-0.2, -0.15) is 0 Å². The molecular weight excluding hydrogens is 240 g/mol. The standard InChI is InChI=1S/C14H16N4O/c1-9-6-11(14(16)19)7-13(18-9)17-8-10-2-4-12(15)5-3-10/h2-7H,8,15H2,1H3,(H2,16,19)(H,17,18). The second-order valence-corrected chi connectivity index (χ2v) is 4.34. The summed E-state index contributed by atoms with van der Waals surface area (Å²) in [6, 6.07) is 10.9. The Morgan fingerprint density at radius 2 is 1.95 bits per heavy atom. The Morgan fingerprint density at radius 1 is 1.26 bits per heavy atom. The predicted octanol–water partition coefficient (Wildman–Crippen LogP) is 1.68. The summed E-state index contributed by atoms with van der Waals surface area (Å²) in [6.07, 6.45) is 0. The van der Waals surface area contributed by atoms with Gasteiger partial charge in [0.05, 0.1) is 0 Å². The summed E-state index contributed by atoms with van der Waals surface area (Å²) in [6.45, 7) is 2.43. The molecule has 1 aromatic heterocycles. The number of hydrogen-bond donors (Lipinski definition) is 3. The molecule has 2 aromatic rings. The van der Waals surface area contributed by atoms with Crippen LogP contribution in [-0.4, -0.2) is 10.9 Å². The first-order valence-electron chi connectivity index (χ1n) is 5.91. The van der Waals surface area contributed by atoms with Gasteiger partial charge in [-0.15, -0.1) is 0 Å². The van der Waals surface area contributed by atoms with Gasteiger partial charge >= 0.3 is 0 Å². The molecule has 1 aromatic carbocycles. The zero-order chi connectivity index (χ0) is 13.8. The zero-order valence-electron chi connectivity index (χ0n) is 10.7. The predicted molar refractivity (Wildman–Crippen MR) is 75.7 cm³/mol. The van der Waals surface area contributed by atoms with E-state index in [9.17, 15) is 4.79 Å². The van der Waals surface area contributed by atoms with Crippen LogP contribution in [0.5, 0.6) is 0 Å². The van der Waals surface area contributed by atoms with Crippen LogP contribution in [-0.2, 0) is 6.54 Å². The van der Waals surface area contributed by atoms with E-state index in [1.807, 2.05) is 31.2 Å². The summed E-state index contributed by atoms with van der Waals surface area (Å²) < 4.78 is 0. The monoisotopic (exact) mass is 256 g/mol. The Labute approximate surface area is 111 Å². The van der Waals surface area contributed by atoms with Gasteiger partial charge in [0.25, 0.3) is 0 Å². The number of carbonyl (C=O) groups excluding carboxylic acids is 1. The van der Waals surface area contributed by atoms with Crippen molar-refractivity contribution in [2.24, 2.45) is 5.73 Å². The number of amides is 1. The smallest absolute Gasteiger partial charge is 0.248 e. The molecule has 0 aliphatic heterocycles. The number of hydrogen-bond acceptors (Lipinski definition) is 4. The maximum atomic E-state index is 11.2. The fourth-order valence-electron chi connectivity index (χ4n) is 1.73. The van der Waals surface area contributed by atoms with Gasteiger partial charge in [0.1, 0.15) is 5.82 Å². The van der Waals surface area contributed by atoms with E-state index in [0.29, 0.717) is 17.9 Å². The highest BCUT2D eigenvalue weighted by Crippen LogP contribution is 2.12. The van der Waals surface area contributed by atoms with Crippen LogP contribution in [0.25, 0.3) is 0 Å². The molecule has 0 saturated carbocycles. The first kappa shape index (κ1) is 12.9. The van der Waals surface area contributed by atoms with E-state index in [2.05, 4.69) is 10.3 Å². The molecular formula is C14H16N4O. The second-order valence-electron chi connectivity index (χ2n) is 4.34. The van der Waals surface area contributed by atoms with Crippen molar-refractivity contribution in [1.29, 1.82) is 0 Å². The summed E-state index contributed by atoms with van der Waals surface area (Å²) in [4.78, 5) is 15.5. The number of benzene rings is 1.